The third-order valence-electron chi connectivity index (χ3n) is 3.41. The van der Waals surface area contributed by atoms with E-state index < -0.39 is 0 Å². The van der Waals surface area contributed by atoms with Gasteiger partial charge >= 0.3 is 0 Å². The molecule has 1 rings (SSSR count). The predicted octanol–water partition coefficient (Wildman–Crippen LogP) is 3.79. The Bertz CT molecular complexity index is 174. The van der Waals surface area contributed by atoms with Crippen molar-refractivity contribution in [2.75, 3.05) is 58.7 Å². The number of hydrogen-bond donors (Lipinski definition) is 1. The van der Waals surface area contributed by atoms with Crippen LogP contribution in [0.15, 0.2) is 0 Å². The van der Waals surface area contributed by atoms with E-state index in [4.69, 9.17) is 4.74 Å². The van der Waals surface area contributed by atoms with Crippen LogP contribution in [0.3, 0.4) is 0 Å². The van der Waals surface area contributed by atoms with Crippen molar-refractivity contribution in [2.45, 2.75) is 53.4 Å². The van der Waals surface area contributed by atoms with Crippen LogP contribution in [0.4, 0.5) is 0 Å². The average molecular weight is 321 g/mol. The predicted molar refractivity (Wildman–Crippen MR) is 99.8 cm³/mol. The fourth-order valence-corrected chi connectivity index (χ4v) is 2.29. The number of piperazine rings is 1. The number of ether oxygens (including phenoxy) is 1. The standard InChI is InChI=1S/C14H30N2O.C2H6.CH4S/c1-3-5-13-17-14-6-8-16-11-9-15(7-4-2)10-12-16;2*1-2/h3-14H2,1-2H3;1-2H3;2H,1H3. The first-order chi connectivity index (χ1) is 10.4. The molecule has 4 heteroatoms. The van der Waals surface area contributed by atoms with Gasteiger partial charge in [0.15, 0.2) is 0 Å². The Kier molecular flexibility index (Phi) is 22.6. The minimum Gasteiger partial charge on any atom is -0.381 e. The van der Waals surface area contributed by atoms with E-state index >= 15 is 0 Å². The lowest BCUT2D eigenvalue weighted by molar-refractivity contribution is 0.0979. The highest BCUT2D eigenvalue weighted by molar-refractivity contribution is 7.79. The zero-order valence-corrected chi connectivity index (χ0v) is 16.1. The topological polar surface area (TPSA) is 15.7 Å². The lowest BCUT2D eigenvalue weighted by Crippen LogP contribution is -2.46. The van der Waals surface area contributed by atoms with Crippen LogP contribution >= 0.6 is 12.6 Å². The molecule has 0 amide bonds. The molecule has 3 nitrogen and oxygen atoms in total. The summed E-state index contributed by atoms with van der Waals surface area (Å²) < 4.78 is 5.59. The van der Waals surface area contributed by atoms with Crippen molar-refractivity contribution in [2.24, 2.45) is 0 Å². The van der Waals surface area contributed by atoms with Crippen LogP contribution < -0.4 is 0 Å². The van der Waals surface area contributed by atoms with Gasteiger partial charge in [0.2, 0.25) is 0 Å². The highest BCUT2D eigenvalue weighted by Crippen LogP contribution is 2.03. The van der Waals surface area contributed by atoms with Crippen LogP contribution in [-0.2, 0) is 4.74 Å². The smallest absolute Gasteiger partial charge is 0.0478 e. The third-order valence-corrected chi connectivity index (χ3v) is 3.41. The monoisotopic (exact) mass is 320 g/mol. The van der Waals surface area contributed by atoms with Gasteiger partial charge in [0.05, 0.1) is 0 Å². The first kappa shape index (κ1) is 23.5. The fourth-order valence-electron chi connectivity index (χ4n) is 2.29. The highest BCUT2D eigenvalue weighted by Gasteiger charge is 2.14. The molecule has 1 aliphatic heterocycles. The van der Waals surface area contributed by atoms with E-state index in [1.54, 1.807) is 6.26 Å². The first-order valence-corrected chi connectivity index (χ1v) is 9.73. The Labute approximate surface area is 139 Å². The Morgan fingerprint density at radius 2 is 1.24 bits per heavy atom. The van der Waals surface area contributed by atoms with E-state index in [1.807, 2.05) is 13.8 Å². The number of hydrogen-bond acceptors (Lipinski definition) is 4. The summed E-state index contributed by atoms with van der Waals surface area (Å²) in [5.41, 5.74) is 0. The summed E-state index contributed by atoms with van der Waals surface area (Å²) in [6.45, 7) is 17.8. The van der Waals surface area contributed by atoms with E-state index in [1.165, 1.54) is 65.0 Å². The molecule has 0 radical (unpaired) electrons. The van der Waals surface area contributed by atoms with Gasteiger partial charge in [0.25, 0.3) is 0 Å². The summed E-state index contributed by atoms with van der Waals surface area (Å²) in [5, 5.41) is 0. The molecule has 0 spiro atoms. The van der Waals surface area contributed by atoms with Gasteiger partial charge in [-0.15, -0.1) is 0 Å². The SMILES string of the molecule is CC.CCCCOCCCN1CCN(CCC)CC1.CS. The average Bonchev–Trinajstić information content (AvgIpc) is 2.56. The maximum absolute atomic E-state index is 5.59. The molecule has 1 aliphatic rings. The van der Waals surface area contributed by atoms with Crippen LogP contribution in [0.1, 0.15) is 53.4 Å². The Balaban J connectivity index is 0. The summed E-state index contributed by atoms with van der Waals surface area (Å²) in [7, 11) is 0. The van der Waals surface area contributed by atoms with E-state index in [9.17, 15) is 0 Å². The summed E-state index contributed by atoms with van der Waals surface area (Å²) in [5.74, 6) is 0. The molecule has 1 heterocycles. The van der Waals surface area contributed by atoms with Crippen LogP contribution in [0, 0.1) is 0 Å². The largest absolute Gasteiger partial charge is 0.381 e. The number of thiol groups is 1. The van der Waals surface area contributed by atoms with E-state index in [0.29, 0.717) is 0 Å². The minimum atomic E-state index is 0.940. The van der Waals surface area contributed by atoms with Crippen LogP contribution in [0.5, 0.6) is 0 Å². The molecule has 0 unspecified atom stereocenters. The van der Waals surface area contributed by atoms with Crippen molar-refractivity contribution in [3.8, 4) is 0 Å². The van der Waals surface area contributed by atoms with Crippen molar-refractivity contribution >= 4 is 12.6 Å². The van der Waals surface area contributed by atoms with Gasteiger partial charge in [-0.1, -0.05) is 34.1 Å². The first-order valence-electron chi connectivity index (χ1n) is 8.84. The zero-order valence-electron chi connectivity index (χ0n) is 15.2. The summed E-state index contributed by atoms with van der Waals surface area (Å²) >= 11 is 3.53. The molecular formula is C17H40N2OS. The van der Waals surface area contributed by atoms with Gasteiger partial charge in [-0.25, -0.2) is 0 Å². The van der Waals surface area contributed by atoms with Crippen molar-refractivity contribution in [1.29, 1.82) is 0 Å². The second kappa shape index (κ2) is 20.2. The summed E-state index contributed by atoms with van der Waals surface area (Å²) in [6.07, 6.45) is 6.61. The van der Waals surface area contributed by atoms with Gasteiger partial charge in [-0.05, 0) is 32.1 Å². The second-order valence-electron chi connectivity index (χ2n) is 5.00. The van der Waals surface area contributed by atoms with Crippen LogP contribution in [0.2, 0.25) is 0 Å². The zero-order chi connectivity index (χ0) is 16.3. The van der Waals surface area contributed by atoms with Gasteiger partial charge in [0.1, 0.15) is 0 Å². The van der Waals surface area contributed by atoms with E-state index in [-0.39, 0.29) is 0 Å². The summed E-state index contributed by atoms with van der Waals surface area (Å²) in [6, 6.07) is 0. The number of nitrogens with zero attached hydrogens (tertiary/aromatic N) is 2. The maximum Gasteiger partial charge on any atom is 0.0478 e. The van der Waals surface area contributed by atoms with Crippen LogP contribution in [-0.4, -0.2) is 68.5 Å². The van der Waals surface area contributed by atoms with E-state index in [0.717, 1.165) is 13.2 Å². The molecule has 0 bridgehead atoms. The van der Waals surface area contributed by atoms with Gasteiger partial charge in [0, 0.05) is 45.9 Å². The summed E-state index contributed by atoms with van der Waals surface area (Å²) in [4.78, 5) is 5.16. The quantitative estimate of drug-likeness (QED) is 0.514. The molecule has 1 saturated heterocycles. The minimum absolute atomic E-state index is 0.940. The second-order valence-corrected chi connectivity index (χ2v) is 5.00. The van der Waals surface area contributed by atoms with Crippen molar-refractivity contribution < 1.29 is 4.74 Å². The van der Waals surface area contributed by atoms with Gasteiger partial charge < -0.3 is 14.5 Å². The molecule has 0 aromatic heterocycles. The highest BCUT2D eigenvalue weighted by atomic mass is 32.1. The lowest BCUT2D eigenvalue weighted by Gasteiger charge is -2.34. The molecule has 21 heavy (non-hydrogen) atoms. The molecule has 1 fully saturated rings. The Morgan fingerprint density at radius 3 is 1.71 bits per heavy atom. The molecule has 0 N–H and O–H groups in total. The van der Waals surface area contributed by atoms with Gasteiger partial charge in [-0.2, -0.15) is 12.6 Å². The normalized spacial score (nSPS) is 15.7. The molecule has 0 aliphatic carbocycles. The molecule has 0 aromatic rings. The van der Waals surface area contributed by atoms with Crippen LogP contribution in [0.25, 0.3) is 0 Å². The molecule has 0 aromatic carbocycles. The third kappa shape index (κ3) is 14.9. The molecule has 0 atom stereocenters. The molecular weight excluding hydrogens is 280 g/mol. The lowest BCUT2D eigenvalue weighted by atomic mass is 10.3. The fraction of sp³-hybridized carbons (Fsp3) is 1.00. The van der Waals surface area contributed by atoms with Crippen molar-refractivity contribution in [3.63, 3.8) is 0 Å². The molecule has 0 saturated carbocycles. The number of rotatable bonds is 9. The van der Waals surface area contributed by atoms with Crippen molar-refractivity contribution in [3.05, 3.63) is 0 Å². The number of unbranched alkanes of at least 4 members (excludes halogenated alkanes) is 1. The van der Waals surface area contributed by atoms with E-state index in [2.05, 4.69) is 36.3 Å². The molecule has 130 valence electrons. The Morgan fingerprint density at radius 1 is 0.762 bits per heavy atom. The Hall–Kier alpha value is 0.230. The van der Waals surface area contributed by atoms with Gasteiger partial charge in [-0.3, -0.25) is 0 Å². The van der Waals surface area contributed by atoms with Crippen molar-refractivity contribution in [1.82, 2.24) is 9.80 Å². The maximum atomic E-state index is 5.59.